The number of carbonyl (C=O) groups is 3. The molecule has 2 saturated carbocycles. The summed E-state index contributed by atoms with van der Waals surface area (Å²) >= 11 is 0. The van der Waals surface area contributed by atoms with Crippen molar-refractivity contribution >= 4 is 28.7 Å². The molecule has 2 aliphatic carbocycles. The third kappa shape index (κ3) is 4.18. The fourth-order valence-corrected chi connectivity index (χ4v) is 5.01. The van der Waals surface area contributed by atoms with Crippen LogP contribution >= 0.6 is 0 Å². The van der Waals surface area contributed by atoms with Gasteiger partial charge >= 0.3 is 6.03 Å². The number of benzene rings is 1. The van der Waals surface area contributed by atoms with Crippen molar-refractivity contribution in [3.05, 3.63) is 42.1 Å². The number of hydrogen-bond acceptors (Lipinski definition) is 4. The summed E-state index contributed by atoms with van der Waals surface area (Å²) in [6, 6.07) is 9.38. The summed E-state index contributed by atoms with van der Waals surface area (Å²) < 4.78 is 0. The van der Waals surface area contributed by atoms with E-state index in [9.17, 15) is 14.4 Å². The van der Waals surface area contributed by atoms with Gasteiger partial charge < -0.3 is 10.6 Å². The minimum atomic E-state index is -0.886. The lowest BCUT2D eigenvalue weighted by Crippen LogP contribution is -2.53. The molecule has 1 atom stereocenters. The standard InChI is InChI=1S/C26H28N4O3/c1-25(20-9-10-20)23(32)30(24(33)29-25)17-22(31)28-26(12-5-2-6-13-26)14-11-18-15-19-7-3-4-8-21(19)27-16-18/h3-4,7-8,15-16,20H,2,5-6,9-10,12-13,17H2,1H3,(H,28,31)(H,29,33)/t25-/m0/s1. The maximum absolute atomic E-state index is 13.0. The fourth-order valence-electron chi connectivity index (χ4n) is 5.01. The molecule has 0 spiro atoms. The number of rotatable bonds is 4. The number of nitrogens with one attached hydrogen (secondary N) is 2. The van der Waals surface area contributed by atoms with Crippen molar-refractivity contribution in [3.8, 4) is 11.8 Å². The molecule has 0 radical (unpaired) electrons. The number of hydrogen-bond donors (Lipinski definition) is 2. The summed E-state index contributed by atoms with van der Waals surface area (Å²) in [7, 11) is 0. The highest BCUT2D eigenvalue weighted by Crippen LogP contribution is 2.42. The molecule has 1 aliphatic heterocycles. The second-order valence-corrected chi connectivity index (χ2v) is 9.66. The molecule has 170 valence electrons. The molecule has 3 aliphatic rings. The van der Waals surface area contributed by atoms with E-state index in [2.05, 4.69) is 27.5 Å². The van der Waals surface area contributed by atoms with Crippen LogP contribution in [0.25, 0.3) is 10.9 Å². The molecular weight excluding hydrogens is 416 g/mol. The van der Waals surface area contributed by atoms with Gasteiger partial charge in [-0.25, -0.2) is 4.79 Å². The average molecular weight is 445 g/mol. The number of fused-ring (bicyclic) bond motifs is 1. The first kappa shape index (κ1) is 21.4. The van der Waals surface area contributed by atoms with Crippen molar-refractivity contribution in [1.29, 1.82) is 0 Å². The Hall–Kier alpha value is -3.40. The van der Waals surface area contributed by atoms with Gasteiger partial charge in [0, 0.05) is 17.1 Å². The van der Waals surface area contributed by atoms with Crippen LogP contribution in [0, 0.1) is 17.8 Å². The Kier molecular flexibility index (Phi) is 5.32. The number of amides is 4. The quantitative estimate of drug-likeness (QED) is 0.560. The van der Waals surface area contributed by atoms with E-state index in [0.717, 1.165) is 66.3 Å². The zero-order chi connectivity index (χ0) is 23.1. The minimum Gasteiger partial charge on any atom is -0.338 e. The van der Waals surface area contributed by atoms with Gasteiger partial charge in [-0.3, -0.25) is 19.5 Å². The van der Waals surface area contributed by atoms with Gasteiger partial charge in [0.2, 0.25) is 5.91 Å². The van der Waals surface area contributed by atoms with Crippen LogP contribution in [0.5, 0.6) is 0 Å². The molecule has 7 nitrogen and oxygen atoms in total. The Morgan fingerprint density at radius 3 is 2.73 bits per heavy atom. The van der Waals surface area contributed by atoms with Crippen LogP contribution in [0.2, 0.25) is 0 Å². The van der Waals surface area contributed by atoms with Crippen LogP contribution in [0.1, 0.15) is 57.4 Å². The summed E-state index contributed by atoms with van der Waals surface area (Å²) in [6.07, 6.45) is 8.11. The number of urea groups is 1. The van der Waals surface area contributed by atoms with E-state index >= 15 is 0 Å². The smallest absolute Gasteiger partial charge is 0.325 e. The molecule has 1 aromatic heterocycles. The number of para-hydroxylation sites is 1. The van der Waals surface area contributed by atoms with Gasteiger partial charge in [-0.1, -0.05) is 49.3 Å². The van der Waals surface area contributed by atoms with Crippen molar-refractivity contribution in [2.24, 2.45) is 5.92 Å². The predicted molar refractivity (Wildman–Crippen MR) is 124 cm³/mol. The third-order valence-electron chi connectivity index (χ3n) is 7.12. The summed E-state index contributed by atoms with van der Waals surface area (Å²) in [5, 5.41) is 6.88. The molecule has 2 N–H and O–H groups in total. The van der Waals surface area contributed by atoms with Gasteiger partial charge in [0.05, 0.1) is 5.52 Å². The van der Waals surface area contributed by atoms with Gasteiger partial charge in [0.1, 0.15) is 17.6 Å². The summed E-state index contributed by atoms with van der Waals surface area (Å²) in [4.78, 5) is 43.8. The van der Waals surface area contributed by atoms with Crippen LogP contribution < -0.4 is 10.6 Å². The van der Waals surface area contributed by atoms with E-state index in [1.54, 1.807) is 13.1 Å². The first-order valence-electron chi connectivity index (χ1n) is 11.7. The van der Waals surface area contributed by atoms with Crippen molar-refractivity contribution in [3.63, 3.8) is 0 Å². The third-order valence-corrected chi connectivity index (χ3v) is 7.12. The topological polar surface area (TPSA) is 91.4 Å². The summed E-state index contributed by atoms with van der Waals surface area (Å²) in [5.74, 6) is 6.02. The SMILES string of the molecule is C[C@@]1(C2CC2)NC(=O)N(CC(=O)NC2(C#Cc3cnc4ccccc4c3)CCCCC2)C1=O. The van der Waals surface area contributed by atoms with Crippen LogP contribution in [0.4, 0.5) is 4.79 Å². The second-order valence-electron chi connectivity index (χ2n) is 9.66. The predicted octanol–water partition coefficient (Wildman–Crippen LogP) is 3.13. The van der Waals surface area contributed by atoms with E-state index in [-0.39, 0.29) is 24.3 Å². The summed E-state index contributed by atoms with van der Waals surface area (Å²) in [5.41, 5.74) is 0.153. The molecule has 1 saturated heterocycles. The maximum Gasteiger partial charge on any atom is 0.325 e. The lowest BCUT2D eigenvalue weighted by Gasteiger charge is -2.34. The number of imide groups is 1. The highest BCUT2D eigenvalue weighted by atomic mass is 16.2. The molecule has 0 bridgehead atoms. The van der Waals surface area contributed by atoms with E-state index in [0.29, 0.717) is 0 Å². The molecular formula is C26H28N4O3. The molecule has 0 unspecified atom stereocenters. The Morgan fingerprint density at radius 1 is 1.21 bits per heavy atom. The lowest BCUT2D eigenvalue weighted by molar-refractivity contribution is -0.135. The first-order valence-corrected chi connectivity index (χ1v) is 11.7. The fraction of sp³-hybridized carbons (Fsp3) is 0.462. The van der Waals surface area contributed by atoms with Crippen molar-refractivity contribution in [2.75, 3.05) is 6.54 Å². The largest absolute Gasteiger partial charge is 0.338 e. The van der Waals surface area contributed by atoms with Gasteiger partial charge in [-0.2, -0.15) is 0 Å². The molecule has 4 amide bonds. The van der Waals surface area contributed by atoms with Gasteiger partial charge in [-0.05, 0) is 50.7 Å². The van der Waals surface area contributed by atoms with Crippen molar-refractivity contribution in [1.82, 2.24) is 20.5 Å². The Morgan fingerprint density at radius 2 is 1.97 bits per heavy atom. The molecule has 2 aromatic rings. The second kappa shape index (κ2) is 8.18. The molecule has 1 aromatic carbocycles. The zero-order valence-corrected chi connectivity index (χ0v) is 18.8. The first-order chi connectivity index (χ1) is 15.9. The van der Waals surface area contributed by atoms with Gasteiger partial charge in [0.15, 0.2) is 0 Å². The van der Waals surface area contributed by atoms with Crippen molar-refractivity contribution < 1.29 is 14.4 Å². The molecule has 5 rings (SSSR count). The normalized spacial score (nSPS) is 24.2. The van der Waals surface area contributed by atoms with Gasteiger partial charge in [0.25, 0.3) is 5.91 Å². The number of carbonyl (C=O) groups excluding carboxylic acids is 3. The van der Waals surface area contributed by atoms with Gasteiger partial charge in [-0.15, -0.1) is 0 Å². The number of nitrogens with zero attached hydrogens (tertiary/aromatic N) is 2. The van der Waals surface area contributed by atoms with Crippen molar-refractivity contribution in [2.45, 2.75) is 62.9 Å². The Labute approximate surface area is 193 Å². The lowest BCUT2D eigenvalue weighted by atomic mass is 9.82. The highest BCUT2D eigenvalue weighted by Gasteiger charge is 2.56. The number of pyridine rings is 1. The zero-order valence-electron chi connectivity index (χ0n) is 18.8. The maximum atomic E-state index is 13.0. The highest BCUT2D eigenvalue weighted by molar-refractivity contribution is 6.09. The van der Waals surface area contributed by atoms with E-state index in [1.807, 2.05) is 30.3 Å². The Balaban J connectivity index is 1.33. The molecule has 2 heterocycles. The van der Waals surface area contributed by atoms with E-state index < -0.39 is 17.1 Å². The molecule has 3 fully saturated rings. The van der Waals surface area contributed by atoms with Crippen LogP contribution in [-0.4, -0.2) is 45.4 Å². The van der Waals surface area contributed by atoms with Crippen LogP contribution in [0.3, 0.4) is 0 Å². The Bertz CT molecular complexity index is 1190. The molecule has 7 heteroatoms. The van der Waals surface area contributed by atoms with Crippen LogP contribution in [0.15, 0.2) is 36.5 Å². The van der Waals surface area contributed by atoms with Crippen LogP contribution in [-0.2, 0) is 9.59 Å². The van der Waals surface area contributed by atoms with E-state index in [4.69, 9.17) is 0 Å². The monoisotopic (exact) mass is 444 g/mol. The van der Waals surface area contributed by atoms with E-state index in [1.165, 1.54) is 0 Å². The number of aromatic nitrogens is 1. The minimum absolute atomic E-state index is 0.160. The average Bonchev–Trinajstić information content (AvgIpc) is 3.64. The summed E-state index contributed by atoms with van der Waals surface area (Å²) in [6.45, 7) is 1.47. The molecule has 33 heavy (non-hydrogen) atoms.